The Labute approximate surface area is 160 Å². The quantitative estimate of drug-likeness (QED) is 0.553. The van der Waals surface area contributed by atoms with Gasteiger partial charge in [-0.3, -0.25) is 14.9 Å². The smallest absolute Gasteiger partial charge is 0.269 e. The predicted molar refractivity (Wildman–Crippen MR) is 105 cm³/mol. The van der Waals surface area contributed by atoms with Gasteiger partial charge in [0.25, 0.3) is 11.6 Å². The number of nitro benzene ring substituents is 1. The lowest BCUT2D eigenvalue weighted by atomic mass is 10.0. The topological polar surface area (TPSA) is 88.7 Å². The molecule has 4 rings (SSSR count). The lowest BCUT2D eigenvalue weighted by Gasteiger charge is -2.25. The molecule has 140 valence electrons. The monoisotopic (exact) mass is 385 g/mol. The summed E-state index contributed by atoms with van der Waals surface area (Å²) in [7, 11) is 0. The molecule has 1 aromatic heterocycles. The van der Waals surface area contributed by atoms with Crippen molar-refractivity contribution >= 4 is 34.0 Å². The van der Waals surface area contributed by atoms with Gasteiger partial charge in [-0.1, -0.05) is 6.08 Å². The van der Waals surface area contributed by atoms with Crippen molar-refractivity contribution in [1.82, 2.24) is 5.32 Å². The molecule has 27 heavy (non-hydrogen) atoms. The predicted octanol–water partition coefficient (Wildman–Crippen LogP) is 1.81. The lowest BCUT2D eigenvalue weighted by Crippen LogP contribution is -3.11. The van der Waals surface area contributed by atoms with Gasteiger partial charge in [0, 0.05) is 18.6 Å². The first kappa shape index (κ1) is 17.7. The van der Waals surface area contributed by atoms with Crippen LogP contribution < -0.4 is 15.5 Å². The van der Waals surface area contributed by atoms with E-state index in [9.17, 15) is 14.9 Å². The number of carbonyl (C=O) groups excluding carboxylic acids is 1. The molecule has 8 heteroatoms. The fourth-order valence-corrected chi connectivity index (χ4v) is 4.94. The number of fused-ring (bicyclic) bond motifs is 3. The number of carbonyl (C=O) groups is 1. The fourth-order valence-electron chi connectivity index (χ4n) is 3.58. The molecule has 0 aliphatic carbocycles. The van der Waals surface area contributed by atoms with Crippen LogP contribution in [0, 0.1) is 10.1 Å². The number of thiophene rings is 1. The first-order valence-electron chi connectivity index (χ1n) is 9.03. The number of likely N-dealkylation sites (N-methyl/N-ethyl adjacent to an activating group) is 1. The van der Waals surface area contributed by atoms with Crippen LogP contribution in [0.15, 0.2) is 30.3 Å². The molecule has 2 atom stereocenters. The molecule has 2 aliphatic heterocycles. The highest BCUT2D eigenvalue weighted by molar-refractivity contribution is 7.16. The number of rotatable bonds is 4. The molecule has 1 amide bonds. The normalized spacial score (nSPS) is 21.3. The highest BCUT2D eigenvalue weighted by atomic mass is 32.1. The summed E-state index contributed by atoms with van der Waals surface area (Å²) in [6.45, 7) is 5.35. The van der Waals surface area contributed by atoms with E-state index in [2.05, 4.69) is 17.6 Å². The molecule has 0 saturated heterocycles. The average molecular weight is 385 g/mol. The fraction of sp³-hybridized carbons (Fsp3) is 0.316. The number of benzene rings is 1. The van der Waals surface area contributed by atoms with Crippen LogP contribution >= 0.6 is 11.3 Å². The molecule has 7 nitrogen and oxygen atoms in total. The van der Waals surface area contributed by atoms with Gasteiger partial charge in [0.15, 0.2) is 0 Å². The standard InChI is InChI=1S/C19H20N4O3S/c1-2-22-10-9-14-15(11-22)27-19-17(14)18(24)20-16(21-19)8-5-12-3-6-13(7-4-12)23(25)26/h3-8,16,21H,2,9-11H2,1H3,(H,20,24)/p+1/b8-5-/t16-/m0/s1. The highest BCUT2D eigenvalue weighted by Gasteiger charge is 2.33. The molecule has 1 unspecified atom stereocenters. The number of quaternary nitrogens is 1. The molecule has 0 saturated carbocycles. The SMILES string of the molecule is CC[NH+]1CCc2c(sc3c2C(=O)N[C@H](/C=C\c2ccc([N+](=O)[O-])cc2)N3)C1. The zero-order chi connectivity index (χ0) is 19.0. The maximum Gasteiger partial charge on any atom is 0.269 e. The number of anilines is 1. The third-order valence-electron chi connectivity index (χ3n) is 5.12. The van der Waals surface area contributed by atoms with Gasteiger partial charge in [0.05, 0.1) is 28.5 Å². The molecule has 0 spiro atoms. The van der Waals surface area contributed by atoms with Crippen LogP contribution in [0.4, 0.5) is 10.7 Å². The third-order valence-corrected chi connectivity index (χ3v) is 6.28. The zero-order valence-corrected chi connectivity index (χ0v) is 15.8. The van der Waals surface area contributed by atoms with Gasteiger partial charge in [-0.2, -0.15) is 0 Å². The summed E-state index contributed by atoms with van der Waals surface area (Å²) >= 11 is 1.69. The number of hydrogen-bond donors (Lipinski definition) is 3. The summed E-state index contributed by atoms with van der Waals surface area (Å²) in [6, 6.07) is 6.33. The minimum atomic E-state index is -0.419. The summed E-state index contributed by atoms with van der Waals surface area (Å²) in [5, 5.41) is 18.1. The van der Waals surface area contributed by atoms with E-state index in [0.29, 0.717) is 0 Å². The van der Waals surface area contributed by atoms with Crippen LogP contribution in [0.3, 0.4) is 0 Å². The van der Waals surface area contributed by atoms with Crippen LogP contribution in [-0.4, -0.2) is 30.1 Å². The van der Waals surface area contributed by atoms with Crippen molar-refractivity contribution in [2.24, 2.45) is 0 Å². The summed E-state index contributed by atoms with van der Waals surface area (Å²) in [6.07, 6.45) is 4.37. The Morgan fingerprint density at radius 1 is 1.33 bits per heavy atom. The van der Waals surface area contributed by atoms with E-state index >= 15 is 0 Å². The summed E-state index contributed by atoms with van der Waals surface area (Å²) in [4.78, 5) is 25.8. The van der Waals surface area contributed by atoms with Gasteiger partial charge in [-0.15, -0.1) is 11.3 Å². The Morgan fingerprint density at radius 2 is 2.11 bits per heavy atom. The molecule has 1 aromatic carbocycles. The summed E-state index contributed by atoms with van der Waals surface area (Å²) < 4.78 is 0. The van der Waals surface area contributed by atoms with Crippen molar-refractivity contribution in [1.29, 1.82) is 0 Å². The van der Waals surface area contributed by atoms with Crippen molar-refractivity contribution < 1.29 is 14.6 Å². The van der Waals surface area contributed by atoms with Crippen molar-refractivity contribution in [3.63, 3.8) is 0 Å². The summed E-state index contributed by atoms with van der Waals surface area (Å²) in [5.74, 6) is -0.0282. The Kier molecular flexibility index (Phi) is 4.67. The molecule has 0 radical (unpaired) electrons. The minimum absolute atomic E-state index is 0.0282. The Hall–Kier alpha value is -2.71. The van der Waals surface area contributed by atoms with Crippen LogP contribution in [0.1, 0.15) is 33.3 Å². The van der Waals surface area contributed by atoms with E-state index < -0.39 is 4.92 Å². The second-order valence-corrected chi connectivity index (χ2v) is 7.90. The maximum absolute atomic E-state index is 12.7. The highest BCUT2D eigenvalue weighted by Crippen LogP contribution is 2.36. The van der Waals surface area contributed by atoms with E-state index in [1.54, 1.807) is 28.4 Å². The second kappa shape index (κ2) is 7.13. The lowest BCUT2D eigenvalue weighted by molar-refractivity contribution is -0.913. The maximum atomic E-state index is 12.7. The van der Waals surface area contributed by atoms with E-state index in [0.717, 1.165) is 42.2 Å². The van der Waals surface area contributed by atoms with Gasteiger partial charge in [-0.05, 0) is 36.3 Å². The molecule has 3 N–H and O–H groups in total. The van der Waals surface area contributed by atoms with Crippen LogP contribution in [0.5, 0.6) is 0 Å². The molecule has 2 aromatic rings. The molecule has 2 aliphatic rings. The Bertz CT molecular complexity index is 920. The molecular formula is C19H21N4O3S+. The van der Waals surface area contributed by atoms with Crippen molar-refractivity contribution in [2.45, 2.75) is 26.1 Å². The van der Waals surface area contributed by atoms with E-state index in [4.69, 9.17) is 0 Å². The van der Waals surface area contributed by atoms with Crippen LogP contribution in [-0.2, 0) is 13.0 Å². The third kappa shape index (κ3) is 3.45. The van der Waals surface area contributed by atoms with Gasteiger partial charge in [0.2, 0.25) is 0 Å². The van der Waals surface area contributed by atoms with Crippen molar-refractivity contribution in [2.75, 3.05) is 18.4 Å². The van der Waals surface area contributed by atoms with Gasteiger partial charge < -0.3 is 15.5 Å². The first-order chi connectivity index (χ1) is 13.0. The zero-order valence-electron chi connectivity index (χ0n) is 15.0. The van der Waals surface area contributed by atoms with Crippen molar-refractivity contribution in [3.05, 3.63) is 62.0 Å². The number of nitrogens with zero attached hydrogens (tertiary/aromatic N) is 1. The summed E-state index contributed by atoms with van der Waals surface area (Å²) in [5.41, 5.74) is 2.92. The largest absolute Gasteiger partial charge is 0.353 e. The second-order valence-electron chi connectivity index (χ2n) is 6.79. The Balaban J connectivity index is 1.51. The number of hydrogen-bond acceptors (Lipinski definition) is 5. The molecule has 0 bridgehead atoms. The van der Waals surface area contributed by atoms with Crippen LogP contribution in [0.2, 0.25) is 0 Å². The number of non-ortho nitro benzene ring substituents is 1. The number of nitrogens with one attached hydrogen (secondary N) is 3. The first-order valence-corrected chi connectivity index (χ1v) is 9.85. The minimum Gasteiger partial charge on any atom is -0.353 e. The molecule has 0 fully saturated rings. The van der Waals surface area contributed by atoms with Gasteiger partial charge in [-0.25, -0.2) is 0 Å². The van der Waals surface area contributed by atoms with E-state index in [1.165, 1.54) is 22.6 Å². The van der Waals surface area contributed by atoms with Gasteiger partial charge in [0.1, 0.15) is 17.7 Å². The molecule has 3 heterocycles. The number of nitro groups is 1. The molecular weight excluding hydrogens is 364 g/mol. The van der Waals surface area contributed by atoms with Crippen molar-refractivity contribution in [3.8, 4) is 0 Å². The Morgan fingerprint density at radius 3 is 2.81 bits per heavy atom. The van der Waals surface area contributed by atoms with Gasteiger partial charge >= 0.3 is 0 Å². The van der Waals surface area contributed by atoms with E-state index in [-0.39, 0.29) is 17.8 Å². The van der Waals surface area contributed by atoms with Crippen LogP contribution in [0.25, 0.3) is 6.08 Å². The van der Waals surface area contributed by atoms with E-state index in [1.807, 2.05) is 12.2 Å². The number of amides is 1. The average Bonchev–Trinajstić information content (AvgIpc) is 3.04.